The number of carbonyl (C=O) groups excluding carboxylic acids is 1. The Balaban J connectivity index is 1.73. The zero-order chi connectivity index (χ0) is 18.3. The lowest BCUT2D eigenvalue weighted by Gasteiger charge is -2.09. The van der Waals surface area contributed by atoms with Gasteiger partial charge in [-0.25, -0.2) is 9.37 Å². The Morgan fingerprint density at radius 2 is 2.27 bits per heavy atom. The standard InChI is InChI=1S/C16H16FN7O2/c1-18-13-6-12(21-10-3-2-4-19-16(10)26)23-14-8(7-20-24(13)14)15(25)22-11-5-9(11)17/h2-4,6-7,9,11,18H,5H2,1H3,(H,19,26)(H,21,23)(H,22,25)/t9-,11+/m0/s1. The van der Waals surface area contributed by atoms with Crippen LogP contribution in [0.2, 0.25) is 0 Å². The second-order valence-electron chi connectivity index (χ2n) is 5.94. The Morgan fingerprint density at radius 3 is 2.96 bits per heavy atom. The highest BCUT2D eigenvalue weighted by Gasteiger charge is 2.39. The summed E-state index contributed by atoms with van der Waals surface area (Å²) in [4.78, 5) is 31.2. The van der Waals surface area contributed by atoms with Gasteiger partial charge in [0.05, 0.1) is 12.2 Å². The molecule has 1 fully saturated rings. The number of anilines is 3. The largest absolute Gasteiger partial charge is 0.373 e. The van der Waals surface area contributed by atoms with Gasteiger partial charge in [-0.1, -0.05) is 0 Å². The molecule has 1 saturated carbocycles. The van der Waals surface area contributed by atoms with E-state index >= 15 is 0 Å². The van der Waals surface area contributed by atoms with Crippen molar-refractivity contribution in [3.8, 4) is 0 Å². The number of pyridine rings is 1. The molecule has 9 nitrogen and oxygen atoms in total. The molecule has 26 heavy (non-hydrogen) atoms. The lowest BCUT2D eigenvalue weighted by atomic mass is 10.3. The van der Waals surface area contributed by atoms with E-state index in [0.717, 1.165) is 0 Å². The normalized spacial score (nSPS) is 18.5. The van der Waals surface area contributed by atoms with Gasteiger partial charge in [0.25, 0.3) is 11.5 Å². The van der Waals surface area contributed by atoms with E-state index in [4.69, 9.17) is 0 Å². The predicted molar refractivity (Wildman–Crippen MR) is 93.6 cm³/mol. The van der Waals surface area contributed by atoms with Crippen LogP contribution in [-0.4, -0.2) is 44.8 Å². The minimum absolute atomic E-state index is 0.228. The first kappa shape index (κ1) is 16.1. The van der Waals surface area contributed by atoms with Crippen molar-refractivity contribution in [2.75, 3.05) is 17.7 Å². The zero-order valence-corrected chi connectivity index (χ0v) is 13.8. The number of H-pyrrole nitrogens is 1. The summed E-state index contributed by atoms with van der Waals surface area (Å²) in [5, 5.41) is 12.7. The molecule has 0 unspecified atom stereocenters. The summed E-state index contributed by atoms with van der Waals surface area (Å²) in [5.41, 5.74) is 0.538. The van der Waals surface area contributed by atoms with Gasteiger partial charge in [-0.3, -0.25) is 9.59 Å². The van der Waals surface area contributed by atoms with Gasteiger partial charge in [0.2, 0.25) is 0 Å². The summed E-state index contributed by atoms with van der Waals surface area (Å²) in [7, 11) is 1.70. The first-order valence-electron chi connectivity index (χ1n) is 8.03. The van der Waals surface area contributed by atoms with Gasteiger partial charge >= 0.3 is 0 Å². The zero-order valence-electron chi connectivity index (χ0n) is 13.8. The fourth-order valence-corrected chi connectivity index (χ4v) is 2.58. The minimum Gasteiger partial charge on any atom is -0.373 e. The van der Waals surface area contributed by atoms with Crippen molar-refractivity contribution in [1.29, 1.82) is 0 Å². The average molecular weight is 357 g/mol. The summed E-state index contributed by atoms with van der Waals surface area (Å²) in [6.45, 7) is 0. The monoisotopic (exact) mass is 357 g/mol. The number of aromatic nitrogens is 4. The Labute approximate surface area is 146 Å². The van der Waals surface area contributed by atoms with Crippen LogP contribution in [0.25, 0.3) is 5.65 Å². The van der Waals surface area contributed by atoms with Crippen molar-refractivity contribution in [3.05, 3.63) is 46.5 Å². The minimum atomic E-state index is -0.997. The summed E-state index contributed by atoms with van der Waals surface area (Å²) < 4.78 is 14.5. The van der Waals surface area contributed by atoms with E-state index < -0.39 is 18.1 Å². The first-order valence-corrected chi connectivity index (χ1v) is 8.03. The Bertz CT molecular complexity index is 1040. The summed E-state index contributed by atoms with van der Waals surface area (Å²) in [5.74, 6) is 0.496. The molecule has 1 amide bonds. The number of halogens is 1. The second kappa shape index (κ2) is 6.14. The SMILES string of the molecule is CNc1cc(Nc2ccc[nH]c2=O)nc2c(C(=O)N[C@@H]3C[C@@H]3F)cnn12. The molecule has 2 atom stereocenters. The van der Waals surface area contributed by atoms with E-state index in [-0.39, 0.29) is 11.1 Å². The molecule has 0 spiro atoms. The van der Waals surface area contributed by atoms with Crippen molar-refractivity contribution in [3.63, 3.8) is 0 Å². The van der Waals surface area contributed by atoms with Crippen LogP contribution < -0.4 is 21.5 Å². The van der Waals surface area contributed by atoms with Crippen molar-refractivity contribution in [2.24, 2.45) is 0 Å². The lowest BCUT2D eigenvalue weighted by molar-refractivity contribution is 0.0949. The highest BCUT2D eigenvalue weighted by molar-refractivity contribution is 6.00. The fourth-order valence-electron chi connectivity index (χ4n) is 2.58. The fraction of sp³-hybridized carbons (Fsp3) is 0.250. The maximum Gasteiger partial charge on any atom is 0.271 e. The smallest absolute Gasteiger partial charge is 0.271 e. The van der Waals surface area contributed by atoms with Crippen molar-refractivity contribution >= 4 is 28.9 Å². The average Bonchev–Trinajstić information content (AvgIpc) is 3.15. The Kier molecular flexibility index (Phi) is 3.79. The van der Waals surface area contributed by atoms with Crippen LogP contribution >= 0.6 is 0 Å². The summed E-state index contributed by atoms with van der Waals surface area (Å²) >= 11 is 0. The molecule has 3 aromatic rings. The Hall–Kier alpha value is -3.43. The third-order valence-corrected chi connectivity index (χ3v) is 4.08. The molecule has 1 aliphatic rings. The van der Waals surface area contributed by atoms with Crippen LogP contribution in [-0.2, 0) is 0 Å². The number of alkyl halides is 1. The molecule has 1 aliphatic carbocycles. The molecule has 4 rings (SSSR count). The van der Waals surface area contributed by atoms with Crippen LogP contribution in [0.3, 0.4) is 0 Å². The van der Waals surface area contributed by atoms with Crippen molar-refractivity contribution < 1.29 is 9.18 Å². The van der Waals surface area contributed by atoms with Gasteiger partial charge in [-0.05, 0) is 12.1 Å². The highest BCUT2D eigenvalue weighted by atomic mass is 19.1. The number of amides is 1. The maximum atomic E-state index is 13.1. The number of nitrogens with one attached hydrogen (secondary N) is 4. The van der Waals surface area contributed by atoms with Crippen molar-refractivity contribution in [1.82, 2.24) is 24.9 Å². The van der Waals surface area contributed by atoms with Crippen LogP contribution in [0.1, 0.15) is 16.8 Å². The molecule has 0 radical (unpaired) electrons. The van der Waals surface area contributed by atoms with Gasteiger partial charge in [-0.2, -0.15) is 9.61 Å². The van der Waals surface area contributed by atoms with Gasteiger partial charge in [0, 0.05) is 25.7 Å². The van der Waals surface area contributed by atoms with Crippen LogP contribution in [0.5, 0.6) is 0 Å². The molecule has 4 N–H and O–H groups in total. The molecule has 0 aromatic carbocycles. The van der Waals surface area contributed by atoms with E-state index in [1.807, 2.05) is 0 Å². The molecule has 3 aromatic heterocycles. The van der Waals surface area contributed by atoms with E-state index in [1.165, 1.54) is 16.9 Å². The molecule has 3 heterocycles. The summed E-state index contributed by atoms with van der Waals surface area (Å²) in [6, 6.07) is 4.50. The van der Waals surface area contributed by atoms with E-state index in [9.17, 15) is 14.0 Å². The van der Waals surface area contributed by atoms with Crippen LogP contribution in [0, 0.1) is 0 Å². The number of fused-ring (bicyclic) bond motifs is 1. The Morgan fingerprint density at radius 1 is 1.46 bits per heavy atom. The topological polar surface area (TPSA) is 116 Å². The molecule has 0 bridgehead atoms. The molecular formula is C16H16FN7O2. The van der Waals surface area contributed by atoms with Crippen molar-refractivity contribution in [2.45, 2.75) is 18.6 Å². The van der Waals surface area contributed by atoms with Crippen LogP contribution in [0.4, 0.5) is 21.7 Å². The molecular weight excluding hydrogens is 341 g/mol. The third-order valence-electron chi connectivity index (χ3n) is 4.08. The highest BCUT2D eigenvalue weighted by Crippen LogP contribution is 2.26. The second-order valence-corrected chi connectivity index (χ2v) is 5.94. The lowest BCUT2D eigenvalue weighted by Crippen LogP contribution is -2.27. The molecule has 10 heteroatoms. The number of hydrogen-bond donors (Lipinski definition) is 4. The van der Waals surface area contributed by atoms with E-state index in [1.54, 1.807) is 25.2 Å². The number of nitrogens with zero attached hydrogens (tertiary/aromatic N) is 3. The first-order chi connectivity index (χ1) is 12.6. The van der Waals surface area contributed by atoms with Crippen LogP contribution in [0.15, 0.2) is 35.4 Å². The van der Waals surface area contributed by atoms with E-state index in [2.05, 4.69) is 31.0 Å². The van der Waals surface area contributed by atoms with Gasteiger partial charge in [0.15, 0.2) is 5.65 Å². The number of carbonyl (C=O) groups is 1. The molecule has 0 saturated heterocycles. The third kappa shape index (κ3) is 2.85. The van der Waals surface area contributed by atoms with Gasteiger partial charge in [-0.15, -0.1) is 0 Å². The molecule has 0 aliphatic heterocycles. The maximum absolute atomic E-state index is 13.1. The predicted octanol–water partition coefficient (Wildman–Crippen LogP) is 1.04. The molecule has 134 valence electrons. The quantitative estimate of drug-likeness (QED) is 0.542. The van der Waals surface area contributed by atoms with E-state index in [0.29, 0.717) is 29.4 Å². The van der Waals surface area contributed by atoms with Gasteiger partial charge < -0.3 is 20.9 Å². The number of aromatic amines is 1. The number of hydrogen-bond acceptors (Lipinski definition) is 6. The summed E-state index contributed by atoms with van der Waals surface area (Å²) in [6.07, 6.45) is 2.24. The number of rotatable bonds is 5. The van der Waals surface area contributed by atoms with Gasteiger partial charge in [0.1, 0.15) is 29.1 Å².